The number of methoxy groups -OCH3 is 2. The van der Waals surface area contributed by atoms with Crippen molar-refractivity contribution in [3.8, 4) is 5.75 Å². The van der Waals surface area contributed by atoms with Gasteiger partial charge in [0.2, 0.25) is 0 Å². The Kier molecular flexibility index (Phi) is 4.62. The van der Waals surface area contributed by atoms with Crippen LogP contribution in [0.2, 0.25) is 0 Å². The number of carbonyl (C=O) groups excluding carboxylic acids is 2. The second-order valence-corrected chi connectivity index (χ2v) is 4.97. The first-order chi connectivity index (χ1) is 10.1. The van der Waals surface area contributed by atoms with Gasteiger partial charge in [-0.05, 0) is 18.6 Å². The highest BCUT2D eigenvalue weighted by Crippen LogP contribution is 2.29. The van der Waals surface area contributed by atoms with E-state index in [2.05, 4.69) is 4.90 Å². The highest BCUT2D eigenvalue weighted by atomic mass is 16.5. The van der Waals surface area contributed by atoms with Gasteiger partial charge in [0.25, 0.3) is 0 Å². The third-order valence-electron chi connectivity index (χ3n) is 3.76. The van der Waals surface area contributed by atoms with Gasteiger partial charge in [0.05, 0.1) is 14.2 Å². The van der Waals surface area contributed by atoms with E-state index in [0.717, 1.165) is 18.4 Å². The number of ether oxygens (including phenoxy) is 2. The zero-order valence-corrected chi connectivity index (χ0v) is 12.4. The number of hydrogen-bond donors (Lipinski definition) is 0. The van der Waals surface area contributed by atoms with Gasteiger partial charge in [-0.2, -0.15) is 0 Å². The lowest BCUT2D eigenvalue weighted by atomic mass is 10.1. The summed E-state index contributed by atoms with van der Waals surface area (Å²) in [6, 6.07) is 5.49. The molecule has 21 heavy (non-hydrogen) atoms. The number of benzene rings is 1. The number of hydrogen-bond acceptors (Lipinski definition) is 5. The Labute approximate surface area is 125 Å². The van der Waals surface area contributed by atoms with Crippen LogP contribution in [0.4, 0.5) is 5.69 Å². The van der Waals surface area contributed by atoms with Crippen molar-refractivity contribution in [3.63, 3.8) is 0 Å². The minimum absolute atomic E-state index is 0. The minimum Gasteiger partial charge on any atom is -0.496 e. The van der Waals surface area contributed by atoms with E-state index in [9.17, 15) is 9.59 Å². The zero-order valence-electron chi connectivity index (χ0n) is 12.4. The third-order valence-corrected chi connectivity index (χ3v) is 3.76. The summed E-state index contributed by atoms with van der Waals surface area (Å²) in [6.45, 7) is 0. The maximum atomic E-state index is 11.6. The van der Waals surface area contributed by atoms with Crippen LogP contribution in [-0.4, -0.2) is 39.6 Å². The predicted molar refractivity (Wildman–Crippen MR) is 81.9 cm³/mol. The first kappa shape index (κ1) is 15.1. The maximum absolute atomic E-state index is 11.6. The average Bonchev–Trinajstić information content (AvgIpc) is 3.01. The lowest BCUT2D eigenvalue weighted by Crippen LogP contribution is -2.29. The fourth-order valence-electron chi connectivity index (χ4n) is 2.46. The first-order valence-electron chi connectivity index (χ1n) is 6.73. The van der Waals surface area contributed by atoms with Crippen molar-refractivity contribution < 1.29 is 20.5 Å². The van der Waals surface area contributed by atoms with Crippen LogP contribution < -0.4 is 9.64 Å². The maximum Gasteiger partial charge on any atom is 0.341 e. The Balaban J connectivity index is 0.00000242. The highest BCUT2D eigenvalue weighted by Gasteiger charge is 2.23. The molecule has 0 heterocycles. The van der Waals surface area contributed by atoms with Gasteiger partial charge in [0, 0.05) is 32.2 Å². The smallest absolute Gasteiger partial charge is 0.341 e. The van der Waals surface area contributed by atoms with Gasteiger partial charge in [0.15, 0.2) is 0 Å². The topological polar surface area (TPSA) is 55.8 Å². The van der Waals surface area contributed by atoms with Gasteiger partial charge in [0.1, 0.15) is 17.6 Å². The van der Waals surface area contributed by atoms with E-state index in [1.54, 1.807) is 12.1 Å². The molecule has 0 radical (unpaired) electrons. The van der Waals surface area contributed by atoms with Crippen LogP contribution in [0.5, 0.6) is 5.75 Å². The van der Waals surface area contributed by atoms with Crippen LogP contribution >= 0.6 is 0 Å². The second kappa shape index (κ2) is 6.43. The quantitative estimate of drug-likeness (QED) is 0.473. The van der Waals surface area contributed by atoms with Gasteiger partial charge in [-0.15, -0.1) is 0 Å². The molecular weight excluding hydrogens is 270 g/mol. The summed E-state index contributed by atoms with van der Waals surface area (Å²) in [4.78, 5) is 24.5. The van der Waals surface area contributed by atoms with Crippen LogP contribution in [-0.2, 0) is 9.53 Å². The summed E-state index contributed by atoms with van der Waals surface area (Å²) in [5, 5.41) is 0. The Bertz CT molecular complexity index is 573. The number of anilines is 1. The average molecular weight is 291 g/mol. The van der Waals surface area contributed by atoms with Crippen LogP contribution in [0.3, 0.4) is 0 Å². The number of allylic oxidation sites excluding steroid dienone is 1. The molecule has 0 aromatic heterocycles. The number of nitrogens with zero attached hydrogens (tertiary/aromatic N) is 1. The first-order valence-corrected chi connectivity index (χ1v) is 6.73. The molecule has 0 fully saturated rings. The van der Waals surface area contributed by atoms with E-state index >= 15 is 0 Å². The summed E-state index contributed by atoms with van der Waals surface area (Å²) in [6.07, 6.45) is 5.68. The molecule has 114 valence electrons. The van der Waals surface area contributed by atoms with E-state index < -0.39 is 5.97 Å². The molecule has 5 heteroatoms. The molecule has 0 amide bonds. The molecule has 0 spiro atoms. The summed E-state index contributed by atoms with van der Waals surface area (Å²) in [5.41, 5.74) is 1.31. The van der Waals surface area contributed by atoms with Crippen molar-refractivity contribution in [2.24, 2.45) is 5.92 Å². The summed E-state index contributed by atoms with van der Waals surface area (Å²) < 4.78 is 9.99. The molecule has 5 nitrogen and oxygen atoms in total. The molecule has 1 aliphatic rings. The Morgan fingerprint density at radius 1 is 1.38 bits per heavy atom. The van der Waals surface area contributed by atoms with E-state index in [1.165, 1.54) is 14.2 Å². The molecule has 1 aliphatic carbocycles. The van der Waals surface area contributed by atoms with Gasteiger partial charge < -0.3 is 19.2 Å². The number of esters is 1. The minimum atomic E-state index is -0.428. The van der Waals surface area contributed by atoms with E-state index in [-0.39, 0.29) is 13.4 Å². The van der Waals surface area contributed by atoms with Crippen molar-refractivity contribution in [1.29, 1.82) is 0 Å². The molecule has 2 atom stereocenters. The molecule has 1 aromatic carbocycles. The van der Waals surface area contributed by atoms with Crippen molar-refractivity contribution in [2.75, 3.05) is 26.2 Å². The number of rotatable bonds is 5. The van der Waals surface area contributed by atoms with Gasteiger partial charge >= 0.3 is 5.97 Å². The van der Waals surface area contributed by atoms with E-state index in [1.807, 2.05) is 25.3 Å². The molecule has 0 aliphatic heterocycles. The zero-order chi connectivity index (χ0) is 15.4. The summed E-state index contributed by atoms with van der Waals surface area (Å²) >= 11 is 0. The Morgan fingerprint density at radius 3 is 2.71 bits per heavy atom. The fourth-order valence-corrected chi connectivity index (χ4v) is 2.46. The van der Waals surface area contributed by atoms with Crippen molar-refractivity contribution in [3.05, 3.63) is 35.9 Å². The molecule has 0 saturated heterocycles. The lowest BCUT2D eigenvalue weighted by Gasteiger charge is -2.26. The number of likely N-dealkylation sites (N-methyl/N-ethyl adjacent to an activating group) is 1. The van der Waals surface area contributed by atoms with Crippen LogP contribution in [0.15, 0.2) is 30.4 Å². The number of carbonyl (C=O) groups is 2. The Morgan fingerprint density at radius 2 is 2.14 bits per heavy atom. The van der Waals surface area contributed by atoms with Crippen LogP contribution in [0.25, 0.3) is 0 Å². The van der Waals surface area contributed by atoms with Gasteiger partial charge in [-0.1, -0.05) is 12.2 Å². The largest absolute Gasteiger partial charge is 0.496 e. The van der Waals surface area contributed by atoms with Gasteiger partial charge in [-0.3, -0.25) is 0 Å². The predicted octanol–water partition coefficient (Wildman–Crippen LogP) is 2.31. The Hall–Kier alpha value is -2.30. The third kappa shape index (κ3) is 3.07. The SMILES string of the molecule is COC(=O)c1ccc(N(C)[C@H]2C=CC(C=O)C2)cc1OC.[HH]. The van der Waals surface area contributed by atoms with Crippen LogP contribution in [0, 0.1) is 5.92 Å². The molecule has 1 unspecified atom stereocenters. The van der Waals surface area contributed by atoms with E-state index in [0.29, 0.717) is 11.3 Å². The van der Waals surface area contributed by atoms with Crippen LogP contribution in [0.1, 0.15) is 18.2 Å². The molecule has 0 saturated carbocycles. The standard InChI is InChI=1S/C16H19NO4.H2/c1-17(12-5-4-11(8-12)10-18)13-6-7-14(16(19)21-3)15(9-13)20-2;/h4-7,9-12H,8H2,1-3H3;1H/t11?,12-;/m0./s1. The monoisotopic (exact) mass is 291 g/mol. The lowest BCUT2D eigenvalue weighted by molar-refractivity contribution is -0.109. The molecule has 1 aromatic rings. The normalized spacial score (nSPS) is 20.1. The van der Waals surface area contributed by atoms with E-state index in [4.69, 9.17) is 9.47 Å². The summed E-state index contributed by atoms with van der Waals surface area (Å²) in [5.74, 6) is 0.0247. The van der Waals surface area contributed by atoms with Crippen molar-refractivity contribution in [2.45, 2.75) is 12.5 Å². The molecule has 0 N–H and O–H groups in total. The van der Waals surface area contributed by atoms with Crippen molar-refractivity contribution in [1.82, 2.24) is 0 Å². The van der Waals surface area contributed by atoms with Gasteiger partial charge in [-0.25, -0.2) is 4.79 Å². The number of aldehydes is 1. The van der Waals surface area contributed by atoms with Crippen molar-refractivity contribution >= 4 is 17.9 Å². The second-order valence-electron chi connectivity index (χ2n) is 4.97. The molecule has 2 rings (SSSR count). The highest BCUT2D eigenvalue weighted by molar-refractivity contribution is 5.93. The summed E-state index contributed by atoms with van der Waals surface area (Å²) in [7, 11) is 4.81. The fraction of sp³-hybridized carbons (Fsp3) is 0.375. The molecular formula is C16H21NO4. The molecule has 0 bridgehead atoms.